The van der Waals surface area contributed by atoms with Crippen LogP contribution in [-0.4, -0.2) is 37.5 Å². The molecule has 13 heavy (non-hydrogen) atoms. The van der Waals surface area contributed by atoms with E-state index in [-0.39, 0.29) is 11.9 Å². The molecule has 0 aliphatic carbocycles. The van der Waals surface area contributed by atoms with Crippen molar-refractivity contribution in [3.8, 4) is 6.07 Å². The molecule has 1 amide bonds. The summed E-state index contributed by atoms with van der Waals surface area (Å²) >= 11 is 0. The fourth-order valence-electron chi connectivity index (χ4n) is 0.858. The first kappa shape index (κ1) is 11.9. The zero-order chi connectivity index (χ0) is 10.3. The maximum atomic E-state index is 11.1. The number of nitrogens with zero attached hydrogens (tertiary/aromatic N) is 2. The fourth-order valence-corrected chi connectivity index (χ4v) is 0.858. The Morgan fingerprint density at radius 1 is 1.62 bits per heavy atom. The molecule has 0 aromatic carbocycles. The Balaban J connectivity index is 3.46. The monoisotopic (exact) mass is 183 g/mol. The highest BCUT2D eigenvalue weighted by Gasteiger charge is 2.04. The van der Waals surface area contributed by atoms with Crippen LogP contribution in [0.2, 0.25) is 0 Å². The third-order valence-electron chi connectivity index (χ3n) is 1.73. The fraction of sp³-hybridized carbons (Fsp3) is 0.778. The van der Waals surface area contributed by atoms with Crippen LogP contribution in [-0.2, 0) is 4.79 Å². The van der Waals surface area contributed by atoms with Gasteiger partial charge >= 0.3 is 0 Å². The van der Waals surface area contributed by atoms with E-state index in [2.05, 4.69) is 11.4 Å². The van der Waals surface area contributed by atoms with Crippen LogP contribution in [0.4, 0.5) is 0 Å². The zero-order valence-electron chi connectivity index (χ0n) is 8.50. The highest BCUT2D eigenvalue weighted by molar-refractivity contribution is 5.75. The summed E-state index contributed by atoms with van der Waals surface area (Å²) in [5, 5.41) is 11.5. The van der Waals surface area contributed by atoms with E-state index in [1.54, 1.807) is 19.0 Å². The van der Waals surface area contributed by atoms with Gasteiger partial charge in [0.15, 0.2) is 0 Å². The van der Waals surface area contributed by atoms with Gasteiger partial charge in [-0.15, -0.1) is 0 Å². The summed E-state index contributed by atoms with van der Waals surface area (Å²) in [6, 6.07) is 2.24. The van der Waals surface area contributed by atoms with Crippen molar-refractivity contribution in [1.29, 1.82) is 5.26 Å². The van der Waals surface area contributed by atoms with Gasteiger partial charge in [0, 0.05) is 33.1 Å². The minimum Gasteiger partial charge on any atom is -0.349 e. The van der Waals surface area contributed by atoms with E-state index in [0.29, 0.717) is 19.4 Å². The Kier molecular flexibility index (Phi) is 5.90. The van der Waals surface area contributed by atoms with Crippen LogP contribution in [0, 0.1) is 11.3 Å². The second-order valence-electron chi connectivity index (χ2n) is 3.26. The summed E-state index contributed by atoms with van der Waals surface area (Å²) in [5.74, 6) is 0.108. The molecule has 74 valence electrons. The molecular weight excluding hydrogens is 166 g/mol. The van der Waals surface area contributed by atoms with Crippen molar-refractivity contribution in [3.63, 3.8) is 0 Å². The van der Waals surface area contributed by atoms with E-state index in [1.165, 1.54) is 0 Å². The highest BCUT2D eigenvalue weighted by atomic mass is 16.2. The zero-order valence-corrected chi connectivity index (χ0v) is 8.50. The maximum Gasteiger partial charge on any atom is 0.223 e. The molecule has 0 spiro atoms. The maximum absolute atomic E-state index is 11.1. The average Bonchev–Trinajstić information content (AvgIpc) is 2.04. The van der Waals surface area contributed by atoms with Crippen LogP contribution in [0.5, 0.6) is 0 Å². The lowest BCUT2D eigenvalue weighted by Gasteiger charge is -2.12. The number of amides is 1. The van der Waals surface area contributed by atoms with E-state index >= 15 is 0 Å². The van der Waals surface area contributed by atoms with E-state index in [0.717, 1.165) is 0 Å². The third-order valence-corrected chi connectivity index (χ3v) is 1.73. The van der Waals surface area contributed by atoms with E-state index in [1.807, 2.05) is 6.92 Å². The van der Waals surface area contributed by atoms with Crippen LogP contribution in [0.3, 0.4) is 0 Å². The Morgan fingerprint density at radius 2 is 2.23 bits per heavy atom. The number of nitrogens with one attached hydrogen (secondary N) is 1. The summed E-state index contributed by atoms with van der Waals surface area (Å²) in [5.41, 5.74) is 0. The van der Waals surface area contributed by atoms with Crippen LogP contribution >= 0.6 is 0 Å². The summed E-state index contributed by atoms with van der Waals surface area (Å²) < 4.78 is 0. The molecule has 0 radical (unpaired) electrons. The minimum atomic E-state index is 0.108. The Labute approximate surface area is 79.5 Å². The van der Waals surface area contributed by atoms with Crippen LogP contribution in [0.1, 0.15) is 19.8 Å². The molecule has 0 bridgehead atoms. The standard InChI is InChI=1S/C9H17N3O/c1-8(4-6-10)11-7-5-9(13)12(2)3/h8,11H,4-5,7H2,1-3H3. The molecule has 0 heterocycles. The predicted octanol–water partition coefficient (Wildman–Crippen LogP) is 0.356. The van der Waals surface area contributed by atoms with Crippen LogP contribution < -0.4 is 5.32 Å². The Morgan fingerprint density at radius 3 is 2.69 bits per heavy atom. The molecule has 4 heteroatoms. The quantitative estimate of drug-likeness (QED) is 0.669. The molecular formula is C9H17N3O. The van der Waals surface area contributed by atoms with Crippen LogP contribution in [0.15, 0.2) is 0 Å². The van der Waals surface area contributed by atoms with Gasteiger partial charge in [-0.05, 0) is 6.92 Å². The summed E-state index contributed by atoms with van der Waals surface area (Å²) in [4.78, 5) is 12.7. The summed E-state index contributed by atoms with van der Waals surface area (Å²) in [6.45, 7) is 2.57. The molecule has 0 rings (SSSR count). The predicted molar refractivity (Wildman–Crippen MR) is 51.0 cm³/mol. The number of carbonyl (C=O) groups is 1. The number of carbonyl (C=O) groups excluding carboxylic acids is 1. The molecule has 0 aliphatic heterocycles. The lowest BCUT2D eigenvalue weighted by Crippen LogP contribution is -2.31. The van der Waals surface area contributed by atoms with E-state index < -0.39 is 0 Å². The van der Waals surface area contributed by atoms with Crippen LogP contribution in [0.25, 0.3) is 0 Å². The van der Waals surface area contributed by atoms with E-state index in [4.69, 9.17) is 5.26 Å². The van der Waals surface area contributed by atoms with E-state index in [9.17, 15) is 4.79 Å². The summed E-state index contributed by atoms with van der Waals surface area (Å²) in [6.07, 6.45) is 0.971. The molecule has 1 unspecified atom stereocenters. The molecule has 1 atom stereocenters. The first-order valence-corrected chi connectivity index (χ1v) is 4.38. The SMILES string of the molecule is CC(CC#N)NCCC(=O)N(C)C. The Bertz CT molecular complexity index is 196. The van der Waals surface area contributed by atoms with Crippen molar-refractivity contribution >= 4 is 5.91 Å². The molecule has 0 aromatic rings. The first-order chi connectivity index (χ1) is 6.07. The van der Waals surface area contributed by atoms with Gasteiger partial charge in [0.1, 0.15) is 0 Å². The van der Waals surface area contributed by atoms with Gasteiger partial charge in [-0.1, -0.05) is 0 Å². The number of hydrogen-bond donors (Lipinski definition) is 1. The summed E-state index contributed by atoms with van der Waals surface area (Å²) in [7, 11) is 3.47. The lowest BCUT2D eigenvalue weighted by atomic mass is 10.2. The molecule has 1 N–H and O–H groups in total. The smallest absolute Gasteiger partial charge is 0.223 e. The van der Waals surface area contributed by atoms with Crippen molar-refractivity contribution < 1.29 is 4.79 Å². The molecule has 0 aromatic heterocycles. The van der Waals surface area contributed by atoms with Crippen molar-refractivity contribution in [2.24, 2.45) is 0 Å². The normalized spacial score (nSPS) is 11.8. The van der Waals surface area contributed by atoms with Gasteiger partial charge in [-0.25, -0.2) is 0 Å². The van der Waals surface area contributed by atoms with Crippen molar-refractivity contribution in [1.82, 2.24) is 10.2 Å². The van der Waals surface area contributed by atoms with Gasteiger partial charge < -0.3 is 10.2 Å². The second kappa shape index (κ2) is 6.44. The minimum absolute atomic E-state index is 0.108. The van der Waals surface area contributed by atoms with Gasteiger partial charge in [-0.2, -0.15) is 5.26 Å². The largest absolute Gasteiger partial charge is 0.349 e. The highest BCUT2D eigenvalue weighted by Crippen LogP contribution is 1.90. The van der Waals surface area contributed by atoms with Gasteiger partial charge in [-0.3, -0.25) is 4.79 Å². The van der Waals surface area contributed by atoms with Gasteiger partial charge in [0.2, 0.25) is 5.91 Å². The topological polar surface area (TPSA) is 56.1 Å². The van der Waals surface area contributed by atoms with Crippen molar-refractivity contribution in [2.45, 2.75) is 25.8 Å². The molecule has 0 fully saturated rings. The number of hydrogen-bond acceptors (Lipinski definition) is 3. The first-order valence-electron chi connectivity index (χ1n) is 4.38. The van der Waals surface area contributed by atoms with Crippen molar-refractivity contribution in [3.05, 3.63) is 0 Å². The molecule has 0 aliphatic rings. The second-order valence-corrected chi connectivity index (χ2v) is 3.26. The molecule has 4 nitrogen and oxygen atoms in total. The van der Waals surface area contributed by atoms with Crippen molar-refractivity contribution in [2.75, 3.05) is 20.6 Å². The lowest BCUT2D eigenvalue weighted by molar-refractivity contribution is -0.128. The Hall–Kier alpha value is -1.08. The third kappa shape index (κ3) is 6.12. The molecule has 0 saturated heterocycles. The average molecular weight is 183 g/mol. The molecule has 0 saturated carbocycles. The van der Waals surface area contributed by atoms with Gasteiger partial charge in [0.05, 0.1) is 12.5 Å². The number of nitriles is 1. The number of rotatable bonds is 5. The van der Waals surface area contributed by atoms with Gasteiger partial charge in [0.25, 0.3) is 0 Å².